The number of aryl methyl sites for hydroxylation is 3. The topological polar surface area (TPSA) is 59.8 Å². The number of carbonyl (C=O) groups excluding carboxylic acids is 1. The number of nitrogens with one attached hydrogen (secondary N) is 1. The van der Waals surface area contributed by atoms with Crippen LogP contribution in [0.1, 0.15) is 27.4 Å². The van der Waals surface area contributed by atoms with Crippen LogP contribution in [0.3, 0.4) is 0 Å². The predicted molar refractivity (Wildman–Crippen MR) is 94.9 cm³/mol. The maximum Gasteiger partial charge on any atom is 0.275 e. The van der Waals surface area contributed by atoms with E-state index in [1.165, 1.54) is 6.07 Å². The lowest BCUT2D eigenvalue weighted by Crippen LogP contribution is -2.16. The third-order valence-electron chi connectivity index (χ3n) is 3.70. The number of hydrogen-bond donors (Lipinski definition) is 1. The molecule has 0 aliphatic heterocycles. The van der Waals surface area contributed by atoms with Gasteiger partial charge >= 0.3 is 0 Å². The van der Waals surface area contributed by atoms with E-state index in [9.17, 15) is 9.18 Å². The zero-order valence-electron chi connectivity index (χ0n) is 14.0. The van der Waals surface area contributed by atoms with Crippen molar-refractivity contribution in [1.29, 1.82) is 0 Å². The summed E-state index contributed by atoms with van der Waals surface area (Å²) in [5, 5.41) is 7.16. The molecule has 25 heavy (non-hydrogen) atoms. The Morgan fingerprint density at radius 2 is 1.92 bits per heavy atom. The second-order valence-corrected chi connectivity index (χ2v) is 6.16. The monoisotopic (exact) mass is 358 g/mol. The van der Waals surface area contributed by atoms with E-state index in [-0.39, 0.29) is 10.7 Å². The molecule has 3 aromatic rings. The van der Waals surface area contributed by atoms with E-state index in [0.717, 1.165) is 11.4 Å². The largest absolute Gasteiger partial charge is 0.321 e. The van der Waals surface area contributed by atoms with E-state index in [1.807, 2.05) is 19.9 Å². The lowest BCUT2D eigenvalue weighted by molar-refractivity contribution is 0.102. The standard InChI is InChI=1S/C18H16ClFN4O/c1-10-4-5-13(9-15(10)20)21-18(25)17-14(19)6-7-16(22-17)24-12(3)8-11(2)23-24/h4-9H,1-3H3,(H,21,25). The molecule has 2 heterocycles. The molecule has 0 aliphatic rings. The first-order valence-electron chi connectivity index (χ1n) is 7.63. The highest BCUT2D eigenvalue weighted by Crippen LogP contribution is 2.20. The number of benzene rings is 1. The molecular weight excluding hydrogens is 343 g/mol. The summed E-state index contributed by atoms with van der Waals surface area (Å²) in [5.74, 6) is -0.430. The summed E-state index contributed by atoms with van der Waals surface area (Å²) in [5.41, 5.74) is 2.62. The molecule has 3 rings (SSSR count). The molecule has 128 valence electrons. The Kier molecular flexibility index (Phi) is 4.55. The number of carbonyl (C=O) groups is 1. The van der Waals surface area contributed by atoms with Crippen LogP contribution in [0.5, 0.6) is 0 Å². The predicted octanol–water partition coefficient (Wildman–Crippen LogP) is 4.24. The molecule has 1 N–H and O–H groups in total. The molecule has 0 saturated carbocycles. The number of pyridine rings is 1. The molecule has 7 heteroatoms. The van der Waals surface area contributed by atoms with Crippen LogP contribution < -0.4 is 5.32 Å². The first-order valence-corrected chi connectivity index (χ1v) is 8.00. The number of aromatic nitrogens is 3. The molecule has 0 bridgehead atoms. The Balaban J connectivity index is 1.93. The maximum atomic E-state index is 13.6. The quantitative estimate of drug-likeness (QED) is 0.761. The maximum absolute atomic E-state index is 13.6. The highest BCUT2D eigenvalue weighted by atomic mass is 35.5. The van der Waals surface area contributed by atoms with Crippen molar-refractivity contribution < 1.29 is 9.18 Å². The second kappa shape index (κ2) is 6.64. The minimum Gasteiger partial charge on any atom is -0.321 e. The van der Waals surface area contributed by atoms with Crippen LogP contribution in [0.2, 0.25) is 5.02 Å². The minimum absolute atomic E-state index is 0.0488. The molecule has 1 aromatic carbocycles. The van der Waals surface area contributed by atoms with Crippen LogP contribution in [0.25, 0.3) is 5.82 Å². The van der Waals surface area contributed by atoms with Gasteiger partial charge < -0.3 is 5.32 Å². The molecule has 0 aliphatic carbocycles. The summed E-state index contributed by atoms with van der Waals surface area (Å²) in [6, 6.07) is 9.65. The van der Waals surface area contributed by atoms with Gasteiger partial charge in [0.2, 0.25) is 0 Å². The van der Waals surface area contributed by atoms with Crippen molar-refractivity contribution in [2.45, 2.75) is 20.8 Å². The molecule has 1 amide bonds. The average Bonchev–Trinajstić information content (AvgIpc) is 2.90. The highest BCUT2D eigenvalue weighted by Gasteiger charge is 2.16. The van der Waals surface area contributed by atoms with Gasteiger partial charge in [-0.2, -0.15) is 5.10 Å². The second-order valence-electron chi connectivity index (χ2n) is 5.76. The van der Waals surface area contributed by atoms with Crippen LogP contribution in [0.15, 0.2) is 36.4 Å². The van der Waals surface area contributed by atoms with Crippen LogP contribution >= 0.6 is 11.6 Å². The Labute approximate surface area is 149 Å². The summed E-state index contributed by atoms with van der Waals surface area (Å²) in [6.07, 6.45) is 0. The van der Waals surface area contributed by atoms with E-state index in [0.29, 0.717) is 17.1 Å². The smallest absolute Gasteiger partial charge is 0.275 e. The number of rotatable bonds is 3. The lowest BCUT2D eigenvalue weighted by Gasteiger charge is -2.09. The van der Waals surface area contributed by atoms with Crippen molar-refractivity contribution >= 4 is 23.2 Å². The molecule has 2 aromatic heterocycles. The molecule has 0 radical (unpaired) electrons. The van der Waals surface area contributed by atoms with Crippen molar-refractivity contribution in [1.82, 2.24) is 14.8 Å². The number of anilines is 1. The summed E-state index contributed by atoms with van der Waals surface area (Å²) in [4.78, 5) is 16.8. The van der Waals surface area contributed by atoms with E-state index < -0.39 is 11.7 Å². The fourth-order valence-corrected chi connectivity index (χ4v) is 2.62. The average molecular weight is 359 g/mol. The van der Waals surface area contributed by atoms with Crippen LogP contribution in [-0.4, -0.2) is 20.7 Å². The van der Waals surface area contributed by atoms with Gasteiger partial charge in [-0.3, -0.25) is 4.79 Å². The van der Waals surface area contributed by atoms with Gasteiger partial charge in [0.05, 0.1) is 10.7 Å². The Morgan fingerprint density at radius 1 is 1.16 bits per heavy atom. The number of nitrogens with zero attached hydrogens (tertiary/aromatic N) is 3. The van der Waals surface area contributed by atoms with E-state index in [2.05, 4.69) is 15.4 Å². The Hall–Kier alpha value is -2.73. The summed E-state index contributed by atoms with van der Waals surface area (Å²) >= 11 is 6.12. The van der Waals surface area contributed by atoms with E-state index in [4.69, 9.17) is 11.6 Å². The van der Waals surface area contributed by atoms with Gasteiger partial charge in [-0.25, -0.2) is 14.1 Å². The third kappa shape index (κ3) is 3.53. The van der Waals surface area contributed by atoms with Gasteiger partial charge in [0.25, 0.3) is 5.91 Å². The molecule has 0 atom stereocenters. The van der Waals surface area contributed by atoms with Crippen molar-refractivity contribution in [3.63, 3.8) is 0 Å². The SMILES string of the molecule is Cc1cc(C)n(-c2ccc(Cl)c(C(=O)Nc3ccc(C)c(F)c3)n2)n1. The van der Waals surface area contributed by atoms with Crippen LogP contribution in [0, 0.1) is 26.6 Å². The van der Waals surface area contributed by atoms with Gasteiger partial charge in [0.1, 0.15) is 11.5 Å². The molecule has 0 unspecified atom stereocenters. The fraction of sp³-hybridized carbons (Fsp3) is 0.167. The minimum atomic E-state index is -0.517. The summed E-state index contributed by atoms with van der Waals surface area (Å²) in [7, 11) is 0. The lowest BCUT2D eigenvalue weighted by atomic mass is 10.2. The van der Waals surface area contributed by atoms with E-state index in [1.54, 1.807) is 35.9 Å². The zero-order valence-corrected chi connectivity index (χ0v) is 14.7. The number of hydrogen-bond acceptors (Lipinski definition) is 3. The highest BCUT2D eigenvalue weighted by molar-refractivity contribution is 6.34. The third-order valence-corrected chi connectivity index (χ3v) is 4.01. The van der Waals surface area contributed by atoms with Gasteiger partial charge in [0.15, 0.2) is 5.82 Å². The Morgan fingerprint density at radius 3 is 2.56 bits per heavy atom. The number of amides is 1. The van der Waals surface area contributed by atoms with Crippen LogP contribution in [0.4, 0.5) is 10.1 Å². The van der Waals surface area contributed by atoms with Gasteiger partial charge in [-0.1, -0.05) is 17.7 Å². The number of halogens is 2. The molecule has 0 fully saturated rings. The van der Waals surface area contributed by atoms with E-state index >= 15 is 0 Å². The molecule has 5 nitrogen and oxygen atoms in total. The normalized spacial score (nSPS) is 10.8. The molecular formula is C18H16ClFN4O. The summed E-state index contributed by atoms with van der Waals surface area (Å²) in [6.45, 7) is 5.42. The zero-order chi connectivity index (χ0) is 18.1. The van der Waals surface area contributed by atoms with Gasteiger partial charge in [0, 0.05) is 11.4 Å². The first-order chi connectivity index (χ1) is 11.8. The first kappa shape index (κ1) is 17.1. The van der Waals surface area contributed by atoms with Crippen molar-refractivity contribution in [2.24, 2.45) is 0 Å². The van der Waals surface area contributed by atoms with Crippen molar-refractivity contribution in [3.8, 4) is 5.82 Å². The Bertz CT molecular complexity index is 968. The van der Waals surface area contributed by atoms with Gasteiger partial charge in [-0.05, 0) is 56.7 Å². The van der Waals surface area contributed by atoms with Crippen molar-refractivity contribution in [3.05, 3.63) is 69.9 Å². The van der Waals surface area contributed by atoms with Crippen molar-refractivity contribution in [2.75, 3.05) is 5.32 Å². The summed E-state index contributed by atoms with van der Waals surface area (Å²) < 4.78 is 15.3. The fourth-order valence-electron chi connectivity index (χ4n) is 2.43. The van der Waals surface area contributed by atoms with Gasteiger partial charge in [-0.15, -0.1) is 0 Å². The molecule has 0 saturated heterocycles. The van der Waals surface area contributed by atoms with Crippen LogP contribution in [-0.2, 0) is 0 Å². The molecule has 0 spiro atoms.